The molecule has 4 N–H and O–H groups in total. The second kappa shape index (κ2) is 5.10. The Morgan fingerprint density at radius 1 is 0.895 bits per heavy atom. The lowest BCUT2D eigenvalue weighted by Crippen LogP contribution is -2.01. The Morgan fingerprint density at radius 2 is 1.63 bits per heavy atom. The summed E-state index contributed by atoms with van der Waals surface area (Å²) in [5, 5.41) is 31.7. The van der Waals surface area contributed by atoms with Gasteiger partial charge >= 0.3 is 0 Å². The van der Waals surface area contributed by atoms with Crippen LogP contribution in [0.5, 0.6) is 17.2 Å². The van der Waals surface area contributed by atoms with E-state index in [2.05, 4.69) is 5.32 Å². The molecule has 0 aliphatic rings. The van der Waals surface area contributed by atoms with E-state index in [1.54, 1.807) is 12.1 Å². The van der Waals surface area contributed by atoms with Crippen LogP contribution in [0.1, 0.15) is 16.7 Å². The fourth-order valence-corrected chi connectivity index (χ4v) is 1.88. The molecule has 0 spiro atoms. The lowest BCUT2D eigenvalue weighted by atomic mass is 10.1. The third-order valence-electron chi connectivity index (χ3n) is 3.08. The van der Waals surface area contributed by atoms with Gasteiger partial charge in [0.1, 0.15) is 17.2 Å². The fraction of sp³-hybridized carbons (Fsp3) is 0.200. The van der Waals surface area contributed by atoms with Gasteiger partial charge in [0, 0.05) is 23.9 Å². The Kier molecular flexibility index (Phi) is 3.51. The van der Waals surface area contributed by atoms with Crippen molar-refractivity contribution < 1.29 is 15.3 Å². The molecule has 0 heterocycles. The van der Waals surface area contributed by atoms with Crippen LogP contribution >= 0.6 is 0 Å². The Morgan fingerprint density at radius 3 is 2.32 bits per heavy atom. The maximum atomic E-state index is 9.70. The maximum Gasteiger partial charge on any atom is 0.124 e. The number of nitrogens with one attached hydrogen (secondary N) is 1. The number of hydrogen-bond donors (Lipinski definition) is 4. The molecule has 0 amide bonds. The molecular weight excluding hydrogens is 242 g/mol. The maximum absolute atomic E-state index is 9.70. The minimum absolute atomic E-state index is 0.0397. The van der Waals surface area contributed by atoms with Gasteiger partial charge in [-0.05, 0) is 49.2 Å². The third kappa shape index (κ3) is 2.91. The second-order valence-corrected chi connectivity index (χ2v) is 4.62. The summed E-state index contributed by atoms with van der Waals surface area (Å²) in [6.45, 7) is 4.17. The quantitative estimate of drug-likeness (QED) is 0.639. The van der Waals surface area contributed by atoms with Gasteiger partial charge in [0.15, 0.2) is 0 Å². The molecule has 2 aromatic rings. The van der Waals surface area contributed by atoms with E-state index >= 15 is 0 Å². The lowest BCUT2D eigenvalue weighted by Gasteiger charge is -2.12. The lowest BCUT2D eigenvalue weighted by molar-refractivity contribution is 0.446. The molecule has 0 saturated heterocycles. The van der Waals surface area contributed by atoms with Crippen LogP contribution in [0, 0.1) is 13.8 Å². The zero-order valence-electron chi connectivity index (χ0n) is 10.9. The van der Waals surface area contributed by atoms with Gasteiger partial charge in [-0.15, -0.1) is 0 Å². The van der Waals surface area contributed by atoms with Crippen LogP contribution in [0.15, 0.2) is 30.3 Å². The molecule has 0 saturated carbocycles. The summed E-state index contributed by atoms with van der Waals surface area (Å²) in [6.07, 6.45) is 0. The summed E-state index contributed by atoms with van der Waals surface area (Å²) >= 11 is 0. The van der Waals surface area contributed by atoms with Crippen LogP contribution < -0.4 is 5.32 Å². The Bertz CT molecular complexity index is 609. The monoisotopic (exact) mass is 259 g/mol. The number of benzene rings is 2. The van der Waals surface area contributed by atoms with Crippen LogP contribution in [-0.2, 0) is 6.54 Å². The molecule has 0 fully saturated rings. The molecule has 0 unspecified atom stereocenters. The average molecular weight is 259 g/mol. The molecule has 0 atom stereocenters. The number of phenolic OH excluding ortho intramolecular Hbond substituents is 3. The van der Waals surface area contributed by atoms with Crippen molar-refractivity contribution in [1.82, 2.24) is 0 Å². The number of aromatic hydroxyl groups is 3. The second-order valence-electron chi connectivity index (χ2n) is 4.62. The number of anilines is 1. The van der Waals surface area contributed by atoms with Crippen LogP contribution in [-0.4, -0.2) is 15.3 Å². The molecule has 4 nitrogen and oxygen atoms in total. The zero-order valence-corrected chi connectivity index (χ0v) is 10.9. The summed E-state index contributed by atoms with van der Waals surface area (Å²) in [5.41, 5.74) is 3.33. The van der Waals surface area contributed by atoms with Crippen molar-refractivity contribution in [2.45, 2.75) is 20.4 Å². The van der Waals surface area contributed by atoms with E-state index in [1.165, 1.54) is 12.1 Å². The highest BCUT2D eigenvalue weighted by atomic mass is 16.3. The van der Waals surface area contributed by atoms with E-state index < -0.39 is 0 Å². The number of hydrogen-bond acceptors (Lipinski definition) is 4. The summed E-state index contributed by atoms with van der Waals surface area (Å²) in [4.78, 5) is 0. The third-order valence-corrected chi connectivity index (χ3v) is 3.08. The molecule has 0 aromatic heterocycles. The number of aryl methyl sites for hydroxylation is 2. The summed E-state index contributed by atoms with van der Waals surface area (Å²) < 4.78 is 0. The Hall–Kier alpha value is -2.36. The molecule has 2 aromatic carbocycles. The van der Waals surface area contributed by atoms with Gasteiger partial charge in [-0.2, -0.15) is 0 Å². The summed E-state index contributed by atoms with van der Waals surface area (Å²) in [6, 6.07) is 8.08. The van der Waals surface area contributed by atoms with Crippen molar-refractivity contribution in [1.29, 1.82) is 0 Å². The average Bonchev–Trinajstić information content (AvgIpc) is 2.34. The van der Waals surface area contributed by atoms with Crippen molar-refractivity contribution in [2.24, 2.45) is 0 Å². The Balaban J connectivity index is 2.16. The Labute approximate surface area is 112 Å². The molecule has 0 bridgehead atoms. The number of rotatable bonds is 3. The first kappa shape index (κ1) is 13.1. The van der Waals surface area contributed by atoms with Gasteiger partial charge in [-0.1, -0.05) is 0 Å². The van der Waals surface area contributed by atoms with Crippen molar-refractivity contribution in [3.05, 3.63) is 47.0 Å². The molecule has 0 aliphatic carbocycles. The van der Waals surface area contributed by atoms with Gasteiger partial charge in [-0.3, -0.25) is 0 Å². The molecule has 100 valence electrons. The van der Waals surface area contributed by atoms with Crippen LogP contribution in [0.2, 0.25) is 0 Å². The van der Waals surface area contributed by atoms with Crippen LogP contribution in [0.4, 0.5) is 5.69 Å². The van der Waals surface area contributed by atoms with Crippen LogP contribution in [0.3, 0.4) is 0 Å². The predicted molar refractivity (Wildman–Crippen MR) is 74.7 cm³/mol. The normalized spacial score (nSPS) is 10.4. The van der Waals surface area contributed by atoms with Crippen molar-refractivity contribution in [2.75, 3.05) is 5.32 Å². The first-order valence-corrected chi connectivity index (χ1v) is 6.02. The standard InChI is InChI=1S/C15H17NO3/c1-9-6-14(18)10(2)5-13(9)16-8-11-3-4-12(17)7-15(11)19/h3-7,16-19H,8H2,1-2H3. The van der Waals surface area contributed by atoms with Crippen molar-refractivity contribution in [3.63, 3.8) is 0 Å². The predicted octanol–water partition coefficient (Wildman–Crippen LogP) is 3.03. The van der Waals surface area contributed by atoms with Gasteiger partial charge in [-0.25, -0.2) is 0 Å². The highest BCUT2D eigenvalue weighted by molar-refractivity contribution is 5.57. The van der Waals surface area contributed by atoms with Gasteiger partial charge in [0.05, 0.1) is 0 Å². The highest BCUT2D eigenvalue weighted by Gasteiger charge is 2.06. The van der Waals surface area contributed by atoms with E-state index in [0.29, 0.717) is 12.1 Å². The van der Waals surface area contributed by atoms with E-state index in [1.807, 2.05) is 19.9 Å². The van der Waals surface area contributed by atoms with Gasteiger partial charge in [0.2, 0.25) is 0 Å². The molecule has 2 rings (SSSR count). The minimum Gasteiger partial charge on any atom is -0.508 e. The van der Waals surface area contributed by atoms with Gasteiger partial charge in [0.25, 0.3) is 0 Å². The first-order valence-electron chi connectivity index (χ1n) is 6.02. The fourth-order valence-electron chi connectivity index (χ4n) is 1.88. The highest BCUT2D eigenvalue weighted by Crippen LogP contribution is 2.27. The first-order chi connectivity index (χ1) is 8.97. The van der Waals surface area contributed by atoms with Gasteiger partial charge < -0.3 is 20.6 Å². The van der Waals surface area contributed by atoms with Crippen LogP contribution in [0.25, 0.3) is 0 Å². The molecule has 4 heteroatoms. The SMILES string of the molecule is Cc1cc(NCc2ccc(O)cc2O)c(C)cc1O. The largest absolute Gasteiger partial charge is 0.508 e. The molecule has 0 radical (unpaired) electrons. The van der Waals surface area contributed by atoms with E-state index in [0.717, 1.165) is 16.8 Å². The van der Waals surface area contributed by atoms with Crippen molar-refractivity contribution >= 4 is 5.69 Å². The summed E-state index contributed by atoms with van der Waals surface area (Å²) in [5.74, 6) is 0.370. The van der Waals surface area contributed by atoms with E-state index in [4.69, 9.17) is 0 Å². The molecule has 0 aliphatic heterocycles. The minimum atomic E-state index is 0.0397. The smallest absolute Gasteiger partial charge is 0.124 e. The topological polar surface area (TPSA) is 72.7 Å². The van der Waals surface area contributed by atoms with Crippen molar-refractivity contribution in [3.8, 4) is 17.2 Å². The number of phenols is 3. The van der Waals surface area contributed by atoms with E-state index in [9.17, 15) is 15.3 Å². The summed E-state index contributed by atoms with van der Waals surface area (Å²) in [7, 11) is 0. The molecule has 19 heavy (non-hydrogen) atoms. The molecular formula is C15H17NO3. The zero-order chi connectivity index (χ0) is 14.0. The van der Waals surface area contributed by atoms with E-state index in [-0.39, 0.29) is 17.2 Å².